The van der Waals surface area contributed by atoms with E-state index in [9.17, 15) is 9.59 Å². The number of halogens is 2. The molecule has 0 aromatic heterocycles. The fraction of sp³-hybridized carbons (Fsp3) is 0.222. The number of nitrogens with one attached hydrogen (secondary N) is 1. The van der Waals surface area contributed by atoms with Crippen molar-refractivity contribution < 1.29 is 14.3 Å². The Morgan fingerprint density at radius 2 is 1.84 bits per heavy atom. The molecule has 0 fully saturated rings. The van der Waals surface area contributed by atoms with Crippen molar-refractivity contribution in [2.45, 2.75) is 13.3 Å². The highest BCUT2D eigenvalue weighted by atomic mass is 35.5. The molecule has 2 amide bonds. The molecular formula is C18H18Cl2N2O3. The van der Waals surface area contributed by atoms with Gasteiger partial charge in [0.15, 0.2) is 0 Å². The molecule has 5 nitrogen and oxygen atoms in total. The number of carbonyl (C=O) groups excluding carboxylic acids is 2. The zero-order valence-electron chi connectivity index (χ0n) is 13.9. The average Bonchev–Trinajstić information content (AvgIpc) is 2.55. The van der Waals surface area contributed by atoms with Gasteiger partial charge in [-0.05, 0) is 36.4 Å². The molecule has 0 saturated carbocycles. The predicted octanol–water partition coefficient (Wildman–Crippen LogP) is 4.38. The van der Waals surface area contributed by atoms with Crippen molar-refractivity contribution in [3.05, 3.63) is 52.5 Å². The Hall–Kier alpha value is -2.24. The smallest absolute Gasteiger partial charge is 0.226 e. The number of ether oxygens (including phenoxy) is 1. The van der Waals surface area contributed by atoms with Crippen LogP contribution in [-0.2, 0) is 9.59 Å². The van der Waals surface area contributed by atoms with Crippen LogP contribution < -0.4 is 15.0 Å². The van der Waals surface area contributed by atoms with Gasteiger partial charge in [-0.1, -0.05) is 29.3 Å². The number of carbonyl (C=O) groups is 2. The third kappa shape index (κ3) is 5.37. The van der Waals surface area contributed by atoms with Crippen molar-refractivity contribution in [1.82, 2.24) is 0 Å². The summed E-state index contributed by atoms with van der Waals surface area (Å²) in [6, 6.07) is 11.9. The summed E-state index contributed by atoms with van der Waals surface area (Å²) in [5.74, 6) is 0.0699. The van der Waals surface area contributed by atoms with Crippen molar-refractivity contribution in [3.8, 4) is 5.75 Å². The normalized spacial score (nSPS) is 10.2. The maximum atomic E-state index is 12.2. The summed E-state index contributed by atoms with van der Waals surface area (Å²) < 4.78 is 5.28. The molecule has 0 atom stereocenters. The summed E-state index contributed by atoms with van der Waals surface area (Å²) in [5.41, 5.74) is 1.13. The third-order valence-corrected chi connectivity index (χ3v) is 3.95. The first-order valence-corrected chi connectivity index (χ1v) is 8.33. The van der Waals surface area contributed by atoms with Crippen LogP contribution in [0.3, 0.4) is 0 Å². The molecule has 132 valence electrons. The van der Waals surface area contributed by atoms with Crippen LogP contribution in [-0.4, -0.2) is 25.5 Å². The molecule has 0 bridgehead atoms. The molecule has 0 aliphatic heterocycles. The highest BCUT2D eigenvalue weighted by Crippen LogP contribution is 2.31. The van der Waals surface area contributed by atoms with Gasteiger partial charge in [0.25, 0.3) is 0 Å². The minimum atomic E-state index is -0.227. The highest BCUT2D eigenvalue weighted by molar-refractivity contribution is 6.31. The van der Waals surface area contributed by atoms with Crippen LogP contribution in [0.15, 0.2) is 42.5 Å². The van der Waals surface area contributed by atoms with Crippen LogP contribution in [0.4, 0.5) is 11.4 Å². The largest absolute Gasteiger partial charge is 0.495 e. The summed E-state index contributed by atoms with van der Waals surface area (Å²) in [4.78, 5) is 25.6. The lowest BCUT2D eigenvalue weighted by Gasteiger charge is -2.23. The van der Waals surface area contributed by atoms with E-state index in [2.05, 4.69) is 5.32 Å². The second-order valence-electron chi connectivity index (χ2n) is 5.30. The van der Waals surface area contributed by atoms with Crippen LogP contribution in [0.2, 0.25) is 10.0 Å². The Labute approximate surface area is 156 Å². The van der Waals surface area contributed by atoms with Gasteiger partial charge in [-0.15, -0.1) is 0 Å². The predicted molar refractivity (Wildman–Crippen MR) is 101 cm³/mol. The third-order valence-electron chi connectivity index (χ3n) is 3.48. The molecule has 2 rings (SSSR count). The first kappa shape index (κ1) is 19.1. The Morgan fingerprint density at radius 3 is 2.48 bits per heavy atom. The van der Waals surface area contributed by atoms with Gasteiger partial charge < -0.3 is 15.0 Å². The molecule has 0 unspecified atom stereocenters. The number of hydrogen-bond acceptors (Lipinski definition) is 3. The van der Waals surface area contributed by atoms with E-state index in [0.717, 1.165) is 0 Å². The van der Waals surface area contributed by atoms with Crippen LogP contribution in [0.25, 0.3) is 0 Å². The van der Waals surface area contributed by atoms with Gasteiger partial charge >= 0.3 is 0 Å². The monoisotopic (exact) mass is 380 g/mol. The molecule has 2 aromatic carbocycles. The van der Waals surface area contributed by atoms with E-state index in [-0.39, 0.29) is 24.8 Å². The van der Waals surface area contributed by atoms with Crippen LogP contribution in [0.1, 0.15) is 13.3 Å². The summed E-state index contributed by atoms with van der Waals surface area (Å²) in [6.45, 7) is 1.62. The van der Waals surface area contributed by atoms with Gasteiger partial charge in [-0.3, -0.25) is 9.59 Å². The zero-order chi connectivity index (χ0) is 18.4. The minimum absolute atomic E-state index is 0.113. The van der Waals surface area contributed by atoms with E-state index in [1.54, 1.807) is 42.5 Å². The summed E-state index contributed by atoms with van der Waals surface area (Å²) in [6.07, 6.45) is 0.113. The maximum Gasteiger partial charge on any atom is 0.226 e. The van der Waals surface area contributed by atoms with Gasteiger partial charge in [-0.2, -0.15) is 0 Å². The number of benzene rings is 2. The number of nitrogens with zero attached hydrogens (tertiary/aromatic N) is 1. The topological polar surface area (TPSA) is 58.6 Å². The minimum Gasteiger partial charge on any atom is -0.495 e. The van der Waals surface area contributed by atoms with Gasteiger partial charge in [0.05, 0.1) is 12.8 Å². The van der Waals surface area contributed by atoms with E-state index in [1.807, 2.05) is 0 Å². The molecule has 2 aromatic rings. The number of hydrogen-bond donors (Lipinski definition) is 1. The van der Waals surface area contributed by atoms with E-state index >= 15 is 0 Å². The average molecular weight is 381 g/mol. The van der Waals surface area contributed by atoms with Gasteiger partial charge in [-0.25, -0.2) is 0 Å². The Bertz CT molecular complexity index is 781. The second kappa shape index (κ2) is 8.74. The lowest BCUT2D eigenvalue weighted by molar-refractivity contribution is -0.117. The molecular weight excluding hydrogens is 363 g/mol. The summed E-state index contributed by atoms with van der Waals surface area (Å²) in [5, 5.41) is 3.76. The first-order valence-electron chi connectivity index (χ1n) is 7.57. The molecule has 0 aliphatic rings. The molecule has 1 N–H and O–H groups in total. The van der Waals surface area contributed by atoms with E-state index in [1.165, 1.54) is 18.9 Å². The lowest BCUT2D eigenvalue weighted by atomic mass is 10.2. The molecule has 0 radical (unpaired) electrons. The number of anilines is 2. The van der Waals surface area contributed by atoms with Crippen LogP contribution in [0.5, 0.6) is 5.75 Å². The summed E-state index contributed by atoms with van der Waals surface area (Å²) in [7, 11) is 1.51. The highest BCUT2D eigenvalue weighted by Gasteiger charge is 2.18. The maximum absolute atomic E-state index is 12.2. The van der Waals surface area contributed by atoms with Crippen molar-refractivity contribution in [2.75, 3.05) is 23.9 Å². The van der Waals surface area contributed by atoms with Crippen LogP contribution in [0, 0.1) is 0 Å². The summed E-state index contributed by atoms with van der Waals surface area (Å²) >= 11 is 11.9. The van der Waals surface area contributed by atoms with E-state index in [0.29, 0.717) is 27.2 Å². The lowest BCUT2D eigenvalue weighted by Crippen LogP contribution is -2.32. The molecule has 0 saturated heterocycles. The van der Waals surface area contributed by atoms with Crippen molar-refractivity contribution in [1.29, 1.82) is 0 Å². The fourth-order valence-corrected chi connectivity index (χ4v) is 2.68. The molecule has 0 aliphatic carbocycles. The molecule has 7 heteroatoms. The molecule has 0 spiro atoms. The van der Waals surface area contributed by atoms with Gasteiger partial charge in [0, 0.05) is 35.6 Å². The fourth-order valence-electron chi connectivity index (χ4n) is 2.32. The van der Waals surface area contributed by atoms with Crippen molar-refractivity contribution in [2.24, 2.45) is 0 Å². The Kier molecular flexibility index (Phi) is 6.67. The number of methoxy groups -OCH3 is 1. The van der Waals surface area contributed by atoms with Gasteiger partial charge in [0.2, 0.25) is 11.8 Å². The Balaban J connectivity index is 2.08. The van der Waals surface area contributed by atoms with E-state index in [4.69, 9.17) is 27.9 Å². The van der Waals surface area contributed by atoms with Crippen LogP contribution >= 0.6 is 23.2 Å². The molecule has 0 heterocycles. The Morgan fingerprint density at radius 1 is 1.12 bits per heavy atom. The molecule has 25 heavy (non-hydrogen) atoms. The van der Waals surface area contributed by atoms with E-state index < -0.39 is 0 Å². The SMILES string of the molecule is COc1ccc(Cl)cc1N(CCC(=O)Nc1cccc(Cl)c1)C(C)=O. The van der Waals surface area contributed by atoms with Crippen molar-refractivity contribution in [3.63, 3.8) is 0 Å². The van der Waals surface area contributed by atoms with Gasteiger partial charge in [0.1, 0.15) is 5.75 Å². The second-order valence-corrected chi connectivity index (χ2v) is 6.17. The quantitative estimate of drug-likeness (QED) is 0.808. The standard InChI is InChI=1S/C18H18Cl2N2O3/c1-12(23)22(16-11-14(20)6-7-17(16)25-2)9-8-18(24)21-15-5-3-4-13(19)10-15/h3-7,10-11H,8-9H2,1-2H3,(H,21,24). The first-order chi connectivity index (χ1) is 11.9. The zero-order valence-corrected chi connectivity index (χ0v) is 15.4. The number of rotatable bonds is 6. The number of amides is 2. The van der Waals surface area contributed by atoms with Crippen molar-refractivity contribution >= 4 is 46.4 Å².